The van der Waals surface area contributed by atoms with Gasteiger partial charge in [0.25, 0.3) is 5.56 Å². The molecule has 1 aliphatic heterocycles. The van der Waals surface area contributed by atoms with Crippen LogP contribution in [0.15, 0.2) is 25.8 Å². The van der Waals surface area contributed by atoms with Crippen LogP contribution in [-0.4, -0.2) is 40.1 Å². The number of ether oxygens (including phenoxy) is 1. The average molecular weight is 460 g/mol. The van der Waals surface area contributed by atoms with E-state index in [9.17, 15) is 9.59 Å². The molecule has 8 heteroatoms. The lowest BCUT2D eigenvalue weighted by atomic mass is 10.1. The molecule has 152 valence electrons. The maximum atomic E-state index is 13.3. The molecule has 1 saturated heterocycles. The smallest absolute Gasteiger partial charge is 0.323 e. The first-order valence-electron chi connectivity index (χ1n) is 9.94. The summed E-state index contributed by atoms with van der Waals surface area (Å²) in [6, 6.07) is 3.90. The van der Waals surface area contributed by atoms with Crippen molar-refractivity contribution < 1.29 is 13.9 Å². The molecule has 0 bridgehead atoms. The van der Waals surface area contributed by atoms with Crippen LogP contribution in [-0.2, 0) is 16.1 Å². The molecule has 2 aliphatic rings. The quantitative estimate of drug-likeness (QED) is 0.553. The summed E-state index contributed by atoms with van der Waals surface area (Å²) in [6.07, 6.45) is 3.69. The van der Waals surface area contributed by atoms with Crippen LogP contribution in [0.2, 0.25) is 0 Å². The first kappa shape index (κ1) is 18.8. The minimum Gasteiger partial charge on any atom is -0.468 e. The molecule has 3 heterocycles. The topological polar surface area (TPSA) is 77.6 Å². The molecule has 2 aromatic heterocycles. The first-order chi connectivity index (χ1) is 14.0. The maximum absolute atomic E-state index is 13.3. The summed E-state index contributed by atoms with van der Waals surface area (Å²) >= 11 is 3.59. The van der Waals surface area contributed by atoms with Crippen LogP contribution in [0.4, 0.5) is 0 Å². The van der Waals surface area contributed by atoms with Crippen LogP contribution in [0.25, 0.3) is 22.0 Å². The van der Waals surface area contributed by atoms with Crippen LogP contribution in [0.5, 0.6) is 0 Å². The predicted octanol–water partition coefficient (Wildman–Crippen LogP) is 3.69. The second kappa shape index (κ2) is 6.95. The van der Waals surface area contributed by atoms with Gasteiger partial charge in [-0.1, -0.05) is 15.9 Å². The van der Waals surface area contributed by atoms with Crippen molar-refractivity contribution in [3.63, 3.8) is 0 Å². The number of aromatic nitrogens is 2. The molecular formula is C21H22BrN3O4. The average Bonchev–Trinajstić information content (AvgIpc) is 3.28. The Hall–Kier alpha value is -2.19. The van der Waals surface area contributed by atoms with Crippen molar-refractivity contribution in [1.82, 2.24) is 14.5 Å². The molecular weight excluding hydrogens is 438 g/mol. The zero-order chi connectivity index (χ0) is 20.3. The van der Waals surface area contributed by atoms with E-state index in [0.29, 0.717) is 23.5 Å². The number of hydrogen-bond donors (Lipinski definition) is 0. The number of nitrogens with zero attached hydrogens (tertiary/aromatic N) is 3. The summed E-state index contributed by atoms with van der Waals surface area (Å²) in [6.45, 7) is 3.17. The summed E-state index contributed by atoms with van der Waals surface area (Å²) in [7, 11) is 1.41. The lowest BCUT2D eigenvalue weighted by Crippen LogP contribution is -2.36. The summed E-state index contributed by atoms with van der Waals surface area (Å²) < 4.78 is 13.9. The highest BCUT2D eigenvalue weighted by atomic mass is 79.9. The van der Waals surface area contributed by atoms with Crippen LogP contribution < -0.4 is 5.56 Å². The monoisotopic (exact) mass is 459 g/mol. The molecule has 1 aromatic carbocycles. The minimum absolute atomic E-state index is 0.0999. The van der Waals surface area contributed by atoms with Crippen molar-refractivity contribution in [2.75, 3.05) is 13.7 Å². The Balaban J connectivity index is 1.65. The first-order valence-corrected chi connectivity index (χ1v) is 10.7. The molecule has 1 aliphatic carbocycles. The SMILES string of the molecule is COC(=O)[C@@H]1CCCN1Cc1nc2c(=O)n(C3CC3)c3c(C)c(Br)ccc3c2o1. The summed E-state index contributed by atoms with van der Waals surface area (Å²) in [4.78, 5) is 31.9. The maximum Gasteiger partial charge on any atom is 0.323 e. The third-order valence-corrected chi connectivity index (χ3v) is 6.89. The van der Waals surface area contributed by atoms with Crippen LogP contribution in [0, 0.1) is 6.92 Å². The van der Waals surface area contributed by atoms with Crippen molar-refractivity contribution in [2.45, 2.75) is 51.2 Å². The van der Waals surface area contributed by atoms with Gasteiger partial charge in [0.1, 0.15) is 6.04 Å². The standard InChI is InChI=1S/C21H22BrN3O4/c1-11-14(22)8-7-13-18(11)25(12-5-6-12)20(26)17-19(13)29-16(23-17)10-24-9-3-4-15(24)21(27)28-2/h7-8,12,15H,3-6,9-10H2,1-2H3/t15-/m0/s1. The predicted molar refractivity (Wildman–Crippen MR) is 112 cm³/mol. The number of esters is 1. The molecule has 3 aromatic rings. The van der Waals surface area contributed by atoms with Gasteiger partial charge in [0, 0.05) is 15.9 Å². The third kappa shape index (κ3) is 3.00. The second-order valence-corrected chi connectivity index (χ2v) is 8.77. The third-order valence-electron chi connectivity index (χ3n) is 6.03. The van der Waals surface area contributed by atoms with E-state index in [2.05, 4.69) is 20.9 Å². The normalized spacial score (nSPS) is 20.0. The fraction of sp³-hybridized carbons (Fsp3) is 0.476. The molecule has 0 radical (unpaired) electrons. The summed E-state index contributed by atoms with van der Waals surface area (Å²) in [5, 5.41) is 0.900. The van der Waals surface area contributed by atoms with Crippen molar-refractivity contribution >= 4 is 43.9 Å². The van der Waals surface area contributed by atoms with E-state index in [1.165, 1.54) is 7.11 Å². The van der Waals surface area contributed by atoms with E-state index in [4.69, 9.17) is 9.15 Å². The molecule has 0 amide bonds. The molecule has 1 saturated carbocycles. The minimum atomic E-state index is -0.284. The lowest BCUT2D eigenvalue weighted by molar-refractivity contribution is -0.146. The molecule has 0 unspecified atom stereocenters. The van der Waals surface area contributed by atoms with Crippen LogP contribution in [0.1, 0.15) is 43.2 Å². The van der Waals surface area contributed by atoms with Crippen molar-refractivity contribution in [3.8, 4) is 0 Å². The number of halogens is 1. The van der Waals surface area contributed by atoms with Gasteiger partial charge in [0.15, 0.2) is 11.1 Å². The highest BCUT2D eigenvalue weighted by Crippen LogP contribution is 2.39. The van der Waals surface area contributed by atoms with Crippen molar-refractivity contribution in [1.29, 1.82) is 0 Å². The Morgan fingerprint density at radius 1 is 1.34 bits per heavy atom. The van der Waals surface area contributed by atoms with Gasteiger partial charge in [-0.25, -0.2) is 4.98 Å². The molecule has 29 heavy (non-hydrogen) atoms. The van der Waals surface area contributed by atoms with Crippen LogP contribution in [0.3, 0.4) is 0 Å². The number of benzene rings is 1. The molecule has 0 N–H and O–H groups in total. The van der Waals surface area contributed by atoms with E-state index in [-0.39, 0.29) is 23.6 Å². The van der Waals surface area contributed by atoms with Gasteiger partial charge in [0.05, 0.1) is 19.2 Å². The Kier molecular flexibility index (Phi) is 4.51. The number of fused-ring (bicyclic) bond motifs is 3. The Morgan fingerprint density at radius 2 is 2.14 bits per heavy atom. The number of rotatable bonds is 4. The molecule has 2 fully saturated rings. The van der Waals surface area contributed by atoms with E-state index in [1.54, 1.807) is 0 Å². The fourth-order valence-corrected chi connectivity index (χ4v) is 4.74. The number of hydrogen-bond acceptors (Lipinski definition) is 6. The van der Waals surface area contributed by atoms with Crippen molar-refractivity contribution in [3.05, 3.63) is 38.4 Å². The van der Waals surface area contributed by atoms with Gasteiger partial charge in [-0.2, -0.15) is 0 Å². The van der Waals surface area contributed by atoms with Crippen LogP contribution >= 0.6 is 15.9 Å². The number of methoxy groups -OCH3 is 1. The zero-order valence-electron chi connectivity index (χ0n) is 16.4. The number of carbonyl (C=O) groups is 1. The lowest BCUT2D eigenvalue weighted by Gasteiger charge is -2.20. The Labute approximate surface area is 175 Å². The molecule has 7 nitrogen and oxygen atoms in total. The molecule has 0 spiro atoms. The Bertz CT molecular complexity index is 1190. The number of pyridine rings is 1. The number of aryl methyl sites for hydroxylation is 1. The molecule has 1 atom stereocenters. The highest BCUT2D eigenvalue weighted by molar-refractivity contribution is 9.10. The van der Waals surface area contributed by atoms with E-state index in [0.717, 1.165) is 53.2 Å². The van der Waals surface area contributed by atoms with Crippen molar-refractivity contribution in [2.24, 2.45) is 0 Å². The second-order valence-electron chi connectivity index (χ2n) is 7.91. The van der Waals surface area contributed by atoms with E-state index < -0.39 is 0 Å². The van der Waals surface area contributed by atoms with E-state index >= 15 is 0 Å². The van der Waals surface area contributed by atoms with Gasteiger partial charge in [-0.3, -0.25) is 14.5 Å². The summed E-state index contributed by atoms with van der Waals surface area (Å²) in [5.74, 6) is 0.226. The fourth-order valence-electron chi connectivity index (χ4n) is 4.42. The zero-order valence-corrected chi connectivity index (χ0v) is 18.0. The van der Waals surface area contributed by atoms with Gasteiger partial charge in [-0.05, 0) is 56.8 Å². The number of likely N-dealkylation sites (tertiary alicyclic amines) is 1. The van der Waals surface area contributed by atoms with Gasteiger partial charge in [-0.15, -0.1) is 0 Å². The number of oxazole rings is 1. The number of carbonyl (C=O) groups excluding carboxylic acids is 1. The molecule has 5 rings (SSSR count). The van der Waals surface area contributed by atoms with Gasteiger partial charge >= 0.3 is 5.97 Å². The summed E-state index contributed by atoms with van der Waals surface area (Å²) in [5.41, 5.74) is 2.74. The van der Waals surface area contributed by atoms with Gasteiger partial charge in [0.2, 0.25) is 5.89 Å². The van der Waals surface area contributed by atoms with E-state index in [1.807, 2.05) is 28.5 Å². The highest BCUT2D eigenvalue weighted by Gasteiger charge is 2.33. The largest absolute Gasteiger partial charge is 0.468 e. The van der Waals surface area contributed by atoms with Gasteiger partial charge < -0.3 is 13.7 Å². The Morgan fingerprint density at radius 3 is 2.86 bits per heavy atom.